The van der Waals surface area contributed by atoms with E-state index >= 15 is 0 Å². The number of hydrogen-bond acceptors (Lipinski definition) is 6. The van der Waals surface area contributed by atoms with Gasteiger partial charge in [-0.3, -0.25) is 0 Å². The zero-order valence-electron chi connectivity index (χ0n) is 10.3. The Kier molecular flexibility index (Phi) is 5.84. The normalized spacial score (nSPS) is 10.6. The predicted octanol–water partition coefficient (Wildman–Crippen LogP) is -0.733. The molecule has 0 spiro atoms. The van der Waals surface area contributed by atoms with Crippen LogP contribution in [0.1, 0.15) is 0 Å². The van der Waals surface area contributed by atoms with Gasteiger partial charge in [0.25, 0.3) is 10.4 Å². The van der Waals surface area contributed by atoms with Crippen LogP contribution in [0.3, 0.4) is 0 Å². The molecule has 19 heavy (non-hydrogen) atoms. The summed E-state index contributed by atoms with van der Waals surface area (Å²) in [6.45, 7) is 0. The molecule has 0 saturated heterocycles. The molecule has 0 radical (unpaired) electrons. The van der Waals surface area contributed by atoms with E-state index in [0.29, 0.717) is 5.75 Å². The van der Waals surface area contributed by atoms with E-state index in [1.54, 1.807) is 25.3 Å². The zero-order chi connectivity index (χ0) is 13.2. The predicted molar refractivity (Wildman–Crippen MR) is 66.6 cm³/mol. The summed E-state index contributed by atoms with van der Waals surface area (Å²) in [6.07, 6.45) is 0. The van der Waals surface area contributed by atoms with Crippen LogP contribution >= 0.6 is 11.3 Å². The summed E-state index contributed by atoms with van der Waals surface area (Å²) >= 11 is 1.08. The van der Waals surface area contributed by atoms with E-state index in [2.05, 4.69) is 4.18 Å². The van der Waals surface area contributed by atoms with Gasteiger partial charge < -0.3 is 13.5 Å². The minimum atomic E-state index is -4.72. The number of ether oxygens (including phenoxy) is 1. The van der Waals surface area contributed by atoms with Crippen LogP contribution in [0.5, 0.6) is 10.8 Å². The van der Waals surface area contributed by atoms with Crippen LogP contribution in [0.4, 0.5) is 0 Å². The first-order valence-corrected chi connectivity index (χ1v) is 7.02. The van der Waals surface area contributed by atoms with Crippen molar-refractivity contribution < 1.29 is 51.4 Å². The molecule has 8 heteroatoms. The van der Waals surface area contributed by atoms with Crippen molar-refractivity contribution in [2.45, 2.75) is 0 Å². The van der Waals surface area contributed by atoms with Gasteiger partial charge in [-0.15, -0.1) is 0 Å². The summed E-state index contributed by atoms with van der Waals surface area (Å²) in [7, 11) is -3.16. The molecule has 2 rings (SSSR count). The average Bonchev–Trinajstić information content (AvgIpc) is 2.75. The monoisotopic (exact) mass is 308 g/mol. The van der Waals surface area contributed by atoms with Gasteiger partial charge in [-0.2, -0.15) is 0 Å². The van der Waals surface area contributed by atoms with Crippen molar-refractivity contribution >= 4 is 21.7 Å². The maximum atomic E-state index is 10.5. The number of rotatable bonds is 4. The topological polar surface area (TPSA) is 75.7 Å². The second-order valence-electron chi connectivity index (χ2n) is 3.34. The van der Waals surface area contributed by atoms with Crippen LogP contribution in [0.25, 0.3) is 10.4 Å². The number of methoxy groups -OCH3 is 1. The van der Waals surface area contributed by atoms with Crippen LogP contribution < -0.4 is 38.5 Å². The van der Waals surface area contributed by atoms with Crippen LogP contribution in [-0.2, 0) is 10.4 Å². The molecule has 0 saturated carbocycles. The van der Waals surface area contributed by atoms with E-state index in [1.807, 2.05) is 12.1 Å². The Labute approximate surface area is 137 Å². The molecule has 0 aliphatic rings. The average molecular weight is 308 g/mol. The van der Waals surface area contributed by atoms with E-state index in [1.165, 1.54) is 6.07 Å². The maximum Gasteiger partial charge on any atom is 1.00 e. The van der Waals surface area contributed by atoms with Gasteiger partial charge >= 0.3 is 29.6 Å². The van der Waals surface area contributed by atoms with Gasteiger partial charge in [-0.05, 0) is 29.8 Å². The van der Waals surface area contributed by atoms with Gasteiger partial charge in [-0.25, -0.2) is 8.42 Å². The third-order valence-corrected chi connectivity index (χ3v) is 3.62. The minimum absolute atomic E-state index is 0. The first-order chi connectivity index (χ1) is 8.48. The fraction of sp³-hybridized carbons (Fsp3) is 0.0909. The fourth-order valence-electron chi connectivity index (χ4n) is 1.40. The summed E-state index contributed by atoms with van der Waals surface area (Å²) in [5.41, 5.74) is 0.859. The standard InChI is InChI=1S/C11H10O5S2.Na/c1-15-9-4-2-3-8(7-9)10-5-6-11(17-10)16-18(12,13)14;/h2-7H,1H3,(H,12,13,14);/q;+1/p-1. The molecule has 0 unspecified atom stereocenters. The summed E-state index contributed by atoms with van der Waals surface area (Å²) in [5.74, 6) is 0.694. The first kappa shape index (κ1) is 16.5. The molecule has 96 valence electrons. The van der Waals surface area contributed by atoms with Crippen molar-refractivity contribution in [2.75, 3.05) is 7.11 Å². The Hall–Kier alpha value is -0.570. The minimum Gasteiger partial charge on any atom is -0.716 e. The van der Waals surface area contributed by atoms with Crippen LogP contribution in [0.15, 0.2) is 36.4 Å². The fourth-order valence-corrected chi connectivity index (χ4v) is 2.77. The molecule has 1 aromatic heterocycles. The molecule has 2 aromatic rings. The third-order valence-electron chi connectivity index (χ3n) is 2.12. The van der Waals surface area contributed by atoms with Gasteiger partial charge in [-0.1, -0.05) is 23.5 Å². The molecular formula is C11H9NaO5S2. The van der Waals surface area contributed by atoms with Gasteiger partial charge in [0.15, 0.2) is 5.06 Å². The van der Waals surface area contributed by atoms with E-state index in [4.69, 9.17) is 4.74 Å². The number of benzene rings is 1. The van der Waals surface area contributed by atoms with E-state index in [0.717, 1.165) is 21.8 Å². The molecule has 1 heterocycles. The summed E-state index contributed by atoms with van der Waals surface area (Å²) in [4.78, 5) is 0.785. The molecule has 0 aliphatic carbocycles. The Morgan fingerprint density at radius 3 is 2.58 bits per heavy atom. The van der Waals surface area contributed by atoms with Crippen LogP contribution in [-0.4, -0.2) is 20.1 Å². The molecule has 1 aromatic carbocycles. The number of thiophene rings is 1. The largest absolute Gasteiger partial charge is 1.00 e. The molecular weight excluding hydrogens is 299 g/mol. The van der Waals surface area contributed by atoms with Crippen LogP contribution in [0, 0.1) is 0 Å². The third kappa shape index (κ3) is 4.79. The Morgan fingerprint density at radius 2 is 1.95 bits per heavy atom. The van der Waals surface area contributed by atoms with Gasteiger partial charge in [0.2, 0.25) is 0 Å². The quantitative estimate of drug-likeness (QED) is 0.423. The van der Waals surface area contributed by atoms with Crippen molar-refractivity contribution in [1.29, 1.82) is 0 Å². The van der Waals surface area contributed by atoms with Crippen molar-refractivity contribution in [1.82, 2.24) is 0 Å². The first-order valence-electron chi connectivity index (χ1n) is 4.87. The smallest absolute Gasteiger partial charge is 0.716 e. The van der Waals surface area contributed by atoms with Crippen molar-refractivity contribution in [3.05, 3.63) is 36.4 Å². The summed E-state index contributed by atoms with van der Waals surface area (Å²) in [5, 5.41) is 0.0443. The molecule has 0 bridgehead atoms. The molecule has 5 nitrogen and oxygen atoms in total. The Morgan fingerprint density at radius 1 is 1.21 bits per heavy atom. The van der Waals surface area contributed by atoms with Gasteiger partial charge in [0.05, 0.1) is 7.11 Å². The van der Waals surface area contributed by atoms with E-state index in [-0.39, 0.29) is 34.6 Å². The SMILES string of the molecule is COc1cccc(-c2ccc(OS(=O)(=O)[O-])s2)c1.[Na+]. The zero-order valence-corrected chi connectivity index (χ0v) is 14.0. The molecule has 0 atom stereocenters. The molecule has 0 aliphatic heterocycles. The Balaban J connectivity index is 0.00000180. The van der Waals surface area contributed by atoms with Crippen molar-refractivity contribution in [3.63, 3.8) is 0 Å². The molecule has 0 amide bonds. The molecule has 0 N–H and O–H groups in total. The maximum absolute atomic E-state index is 10.5. The second kappa shape index (κ2) is 6.74. The molecule has 0 fully saturated rings. The number of hydrogen-bond donors (Lipinski definition) is 0. The van der Waals surface area contributed by atoms with Crippen molar-refractivity contribution in [2.24, 2.45) is 0 Å². The van der Waals surface area contributed by atoms with E-state index in [9.17, 15) is 13.0 Å². The second-order valence-corrected chi connectivity index (χ2v) is 5.37. The summed E-state index contributed by atoms with van der Waals surface area (Å²) < 4.78 is 40.7. The van der Waals surface area contributed by atoms with Gasteiger partial charge in [0.1, 0.15) is 5.75 Å². The van der Waals surface area contributed by atoms with Gasteiger partial charge in [0, 0.05) is 4.88 Å². The van der Waals surface area contributed by atoms with Crippen molar-refractivity contribution in [3.8, 4) is 21.3 Å². The van der Waals surface area contributed by atoms with Crippen LogP contribution in [0.2, 0.25) is 0 Å². The van der Waals surface area contributed by atoms with E-state index < -0.39 is 10.4 Å². The Bertz CT molecular complexity index is 651. The summed E-state index contributed by atoms with van der Waals surface area (Å²) in [6, 6.07) is 10.4.